The van der Waals surface area contributed by atoms with Crippen LogP contribution in [0.15, 0.2) is 71.9 Å². The van der Waals surface area contributed by atoms with Gasteiger partial charge in [-0.3, -0.25) is 14.6 Å². The van der Waals surface area contributed by atoms with E-state index in [1.807, 2.05) is 30.5 Å². The Morgan fingerprint density at radius 3 is 2.27 bits per heavy atom. The highest BCUT2D eigenvalue weighted by Crippen LogP contribution is 2.22. The summed E-state index contributed by atoms with van der Waals surface area (Å²) in [6.45, 7) is 2.16. The molecule has 0 spiro atoms. The Morgan fingerprint density at radius 2 is 1.63 bits per heavy atom. The maximum atomic E-state index is 13.5. The molecule has 0 aliphatic rings. The van der Waals surface area contributed by atoms with Crippen molar-refractivity contribution in [3.05, 3.63) is 95.1 Å². The third kappa shape index (κ3) is 6.15. The topological polar surface area (TPSA) is 71.1 Å². The summed E-state index contributed by atoms with van der Waals surface area (Å²) in [6, 6.07) is 15.6. The van der Waals surface area contributed by atoms with E-state index < -0.39 is 5.82 Å². The van der Waals surface area contributed by atoms with Crippen molar-refractivity contribution in [2.75, 3.05) is 13.1 Å². The minimum absolute atomic E-state index is 0.213. The quantitative estimate of drug-likeness (QED) is 0.425. The summed E-state index contributed by atoms with van der Waals surface area (Å²) >= 11 is 1.67. The number of nitrogens with one attached hydrogen (secondary N) is 2. The lowest BCUT2D eigenvalue weighted by Gasteiger charge is -2.08. The van der Waals surface area contributed by atoms with E-state index in [0.29, 0.717) is 11.1 Å². The molecule has 0 atom stereocenters. The van der Waals surface area contributed by atoms with Crippen LogP contribution < -0.4 is 10.6 Å². The van der Waals surface area contributed by atoms with Gasteiger partial charge in [-0.1, -0.05) is 12.1 Å². The van der Waals surface area contributed by atoms with Gasteiger partial charge >= 0.3 is 0 Å². The van der Waals surface area contributed by atoms with Crippen LogP contribution in [0.2, 0.25) is 0 Å². The van der Waals surface area contributed by atoms with E-state index >= 15 is 0 Å². The van der Waals surface area contributed by atoms with Gasteiger partial charge in [0.05, 0.1) is 0 Å². The van der Waals surface area contributed by atoms with Crippen LogP contribution in [0.4, 0.5) is 4.39 Å². The van der Waals surface area contributed by atoms with Crippen LogP contribution >= 0.6 is 11.8 Å². The average molecular weight is 424 g/mol. The second-order valence-corrected chi connectivity index (χ2v) is 7.70. The molecule has 0 saturated heterocycles. The smallest absolute Gasteiger partial charge is 0.251 e. The van der Waals surface area contributed by atoms with Crippen LogP contribution in [0.3, 0.4) is 0 Å². The molecular formula is C23H22FN3O2S. The molecule has 1 heterocycles. The largest absolute Gasteiger partial charge is 0.350 e. The first-order valence-corrected chi connectivity index (χ1v) is 10.5. The molecule has 2 N–H and O–H groups in total. The normalized spacial score (nSPS) is 10.5. The molecule has 2 amide bonds. The number of benzene rings is 2. The van der Waals surface area contributed by atoms with Crippen molar-refractivity contribution < 1.29 is 14.0 Å². The van der Waals surface area contributed by atoms with Crippen molar-refractivity contribution in [2.45, 2.75) is 17.6 Å². The second kappa shape index (κ2) is 10.5. The van der Waals surface area contributed by atoms with Crippen molar-refractivity contribution in [3.63, 3.8) is 0 Å². The Hall–Kier alpha value is -3.19. The number of thioether (sulfide) groups is 1. The first-order chi connectivity index (χ1) is 14.5. The van der Waals surface area contributed by atoms with E-state index in [-0.39, 0.29) is 30.5 Å². The van der Waals surface area contributed by atoms with Gasteiger partial charge < -0.3 is 10.6 Å². The predicted octanol–water partition coefficient (Wildman–Crippen LogP) is 3.98. The molecule has 30 heavy (non-hydrogen) atoms. The number of aryl methyl sites for hydroxylation is 1. The van der Waals surface area contributed by atoms with Gasteiger partial charge in [-0.15, -0.1) is 11.8 Å². The van der Waals surface area contributed by atoms with Gasteiger partial charge in [-0.05, 0) is 60.5 Å². The zero-order valence-corrected chi connectivity index (χ0v) is 17.3. The Kier molecular flexibility index (Phi) is 7.57. The SMILES string of the molecule is Cc1ccc(C(=O)NCCNC(=O)c2ccc(SCc3cccnc3)cc2)cc1F. The van der Waals surface area contributed by atoms with Gasteiger partial charge in [0, 0.05) is 47.3 Å². The van der Waals surface area contributed by atoms with E-state index in [4.69, 9.17) is 0 Å². The standard InChI is InChI=1S/C23H22FN3O2S/c1-16-4-5-19(13-21(16)24)23(29)27-12-11-26-22(28)18-6-8-20(9-7-18)30-15-17-3-2-10-25-14-17/h2-10,13-14H,11-12,15H2,1H3,(H,26,28)(H,27,29). The van der Waals surface area contributed by atoms with E-state index in [1.54, 1.807) is 49.1 Å². The number of aromatic nitrogens is 1. The Balaban J connectivity index is 1.41. The molecule has 7 heteroatoms. The van der Waals surface area contributed by atoms with Crippen molar-refractivity contribution in [2.24, 2.45) is 0 Å². The lowest BCUT2D eigenvalue weighted by molar-refractivity contribution is 0.0927. The molecule has 1 aromatic heterocycles. The average Bonchev–Trinajstić information content (AvgIpc) is 2.78. The molecule has 3 aromatic rings. The molecule has 5 nitrogen and oxygen atoms in total. The fraction of sp³-hybridized carbons (Fsp3) is 0.174. The summed E-state index contributed by atoms with van der Waals surface area (Å²) in [5.41, 5.74) is 2.43. The van der Waals surface area contributed by atoms with Crippen molar-refractivity contribution in [1.82, 2.24) is 15.6 Å². The molecule has 0 radical (unpaired) electrons. The van der Waals surface area contributed by atoms with Gasteiger partial charge in [0.1, 0.15) is 5.82 Å². The van der Waals surface area contributed by atoms with Gasteiger partial charge in [-0.2, -0.15) is 0 Å². The zero-order valence-electron chi connectivity index (χ0n) is 16.5. The molecule has 2 aromatic carbocycles. The van der Waals surface area contributed by atoms with Crippen LogP contribution in [0.1, 0.15) is 31.8 Å². The van der Waals surface area contributed by atoms with E-state index in [2.05, 4.69) is 15.6 Å². The molecule has 0 unspecified atom stereocenters. The van der Waals surface area contributed by atoms with E-state index in [9.17, 15) is 14.0 Å². The summed E-state index contributed by atoms with van der Waals surface area (Å²) in [5, 5.41) is 5.43. The molecular weight excluding hydrogens is 401 g/mol. The maximum absolute atomic E-state index is 13.5. The summed E-state index contributed by atoms with van der Waals surface area (Å²) in [6.07, 6.45) is 3.58. The predicted molar refractivity (Wildman–Crippen MR) is 116 cm³/mol. The fourth-order valence-electron chi connectivity index (χ4n) is 2.64. The van der Waals surface area contributed by atoms with Crippen LogP contribution in [0, 0.1) is 12.7 Å². The minimum atomic E-state index is -0.419. The molecule has 0 aliphatic heterocycles. The number of pyridine rings is 1. The molecule has 0 bridgehead atoms. The summed E-state index contributed by atoms with van der Waals surface area (Å²) in [7, 11) is 0. The van der Waals surface area contributed by atoms with Crippen LogP contribution in [0.25, 0.3) is 0 Å². The van der Waals surface area contributed by atoms with Crippen molar-refractivity contribution in [1.29, 1.82) is 0 Å². The first-order valence-electron chi connectivity index (χ1n) is 9.47. The van der Waals surface area contributed by atoms with Crippen LogP contribution in [-0.2, 0) is 5.75 Å². The fourth-order valence-corrected chi connectivity index (χ4v) is 3.48. The number of amides is 2. The highest BCUT2D eigenvalue weighted by molar-refractivity contribution is 7.98. The molecule has 0 saturated carbocycles. The zero-order chi connectivity index (χ0) is 21.3. The molecule has 154 valence electrons. The molecule has 0 fully saturated rings. The van der Waals surface area contributed by atoms with Crippen molar-refractivity contribution in [3.8, 4) is 0 Å². The number of carbonyl (C=O) groups is 2. The number of carbonyl (C=O) groups excluding carboxylic acids is 2. The minimum Gasteiger partial charge on any atom is -0.350 e. The molecule has 3 rings (SSSR count). The number of hydrogen-bond donors (Lipinski definition) is 2. The maximum Gasteiger partial charge on any atom is 0.251 e. The number of hydrogen-bond acceptors (Lipinski definition) is 4. The Labute approximate surface area is 179 Å². The number of nitrogens with zero attached hydrogens (tertiary/aromatic N) is 1. The van der Waals surface area contributed by atoms with Gasteiger partial charge in [-0.25, -0.2) is 4.39 Å². The summed E-state index contributed by atoms with van der Waals surface area (Å²) in [4.78, 5) is 29.4. The third-order valence-electron chi connectivity index (χ3n) is 4.37. The monoisotopic (exact) mass is 423 g/mol. The van der Waals surface area contributed by atoms with E-state index in [1.165, 1.54) is 6.07 Å². The van der Waals surface area contributed by atoms with Crippen LogP contribution in [-0.4, -0.2) is 29.9 Å². The van der Waals surface area contributed by atoms with Gasteiger partial charge in [0.25, 0.3) is 11.8 Å². The summed E-state index contributed by atoms with van der Waals surface area (Å²) in [5.74, 6) is -0.199. The lowest BCUT2D eigenvalue weighted by Crippen LogP contribution is -2.34. The highest BCUT2D eigenvalue weighted by atomic mass is 32.2. The van der Waals surface area contributed by atoms with Crippen molar-refractivity contribution >= 4 is 23.6 Å². The second-order valence-electron chi connectivity index (χ2n) is 6.65. The van der Waals surface area contributed by atoms with Gasteiger partial charge in [0.2, 0.25) is 0 Å². The Bertz CT molecular complexity index is 1010. The lowest BCUT2D eigenvalue weighted by atomic mass is 10.1. The Morgan fingerprint density at radius 1 is 0.967 bits per heavy atom. The number of rotatable bonds is 8. The number of halogens is 1. The third-order valence-corrected chi connectivity index (χ3v) is 5.46. The van der Waals surface area contributed by atoms with E-state index in [0.717, 1.165) is 16.2 Å². The first kappa shape index (κ1) is 21.5. The van der Waals surface area contributed by atoms with Crippen LogP contribution in [0.5, 0.6) is 0 Å². The summed E-state index contributed by atoms with van der Waals surface area (Å²) < 4.78 is 13.5. The highest BCUT2D eigenvalue weighted by Gasteiger charge is 2.09. The van der Waals surface area contributed by atoms with Gasteiger partial charge in [0.15, 0.2) is 0 Å². The molecule has 0 aliphatic carbocycles.